The number of aromatic carboxylic acids is 1. The van der Waals surface area contributed by atoms with Crippen molar-refractivity contribution in [3.8, 4) is 0 Å². The first-order valence-electron chi connectivity index (χ1n) is 14.7. The molecule has 1 aliphatic carbocycles. The lowest BCUT2D eigenvalue weighted by Crippen LogP contribution is -2.47. The molecule has 6 rings (SSSR count). The van der Waals surface area contributed by atoms with Crippen LogP contribution in [0, 0.1) is 11.6 Å². The van der Waals surface area contributed by atoms with Crippen LogP contribution in [0.1, 0.15) is 36.2 Å². The average Bonchev–Trinajstić information content (AvgIpc) is 3.79. The molecule has 3 aromatic rings. The number of carbonyl (C=O) groups is 2. The number of anilines is 3. The SMILES string of the molecule is CCNC(=S)N(I)C[C@H]1CN(c2ccc(N3CCN(c4cc5c(cc4F)c(=O)c(C(=O)O)cn5C4CC4)CC3)c(F)c2)C(=O)O1. The van der Waals surface area contributed by atoms with Gasteiger partial charge in [0.15, 0.2) is 5.11 Å². The number of carbonyl (C=O) groups excluding carboxylic acids is 1. The van der Waals surface area contributed by atoms with E-state index in [2.05, 4.69) is 28.2 Å². The molecule has 2 aromatic carbocycles. The Balaban J connectivity index is 1.14. The number of carboxylic acid groups (broad SMARTS) is 1. The molecule has 1 saturated carbocycles. The Bertz CT molecular complexity index is 1750. The van der Waals surface area contributed by atoms with E-state index in [1.165, 1.54) is 17.2 Å². The van der Waals surface area contributed by atoms with Crippen LogP contribution in [0.25, 0.3) is 10.9 Å². The molecule has 1 aromatic heterocycles. The monoisotopic (exact) mass is 752 g/mol. The summed E-state index contributed by atoms with van der Waals surface area (Å²) in [6.07, 6.45) is 2.08. The van der Waals surface area contributed by atoms with Gasteiger partial charge >= 0.3 is 12.1 Å². The van der Waals surface area contributed by atoms with Gasteiger partial charge in [0.1, 0.15) is 23.3 Å². The standard InChI is InChI=1S/C30H31F2IN6O5S/c1-2-34-29(45)39(33)15-19-14-38(30(43)44-19)18-5-6-24(22(31)11-18)35-7-9-36(10-8-35)26-13-25-20(12-23(26)32)27(40)21(28(41)42)16-37(25)17-3-4-17/h5-6,11-13,16-17,19H,2-4,7-10,14-15H2,1H3,(H,34,45)(H,41,42)/t19-/m1/s1. The maximum atomic E-state index is 15.4. The predicted octanol–water partition coefficient (Wildman–Crippen LogP) is 4.51. The molecule has 1 atom stereocenters. The Labute approximate surface area is 276 Å². The van der Waals surface area contributed by atoms with Gasteiger partial charge in [-0.25, -0.2) is 18.4 Å². The van der Waals surface area contributed by atoms with Gasteiger partial charge in [-0.1, -0.05) is 0 Å². The maximum absolute atomic E-state index is 15.4. The van der Waals surface area contributed by atoms with Crippen molar-refractivity contribution in [2.45, 2.75) is 31.9 Å². The van der Waals surface area contributed by atoms with Crippen molar-refractivity contribution in [3.05, 3.63) is 63.9 Å². The minimum absolute atomic E-state index is 0.0423. The summed E-state index contributed by atoms with van der Waals surface area (Å²) >= 11 is 7.36. The van der Waals surface area contributed by atoms with Crippen LogP contribution in [0.3, 0.4) is 0 Å². The lowest BCUT2D eigenvalue weighted by atomic mass is 10.1. The molecule has 2 N–H and O–H groups in total. The highest BCUT2D eigenvalue weighted by Gasteiger charge is 2.35. The molecule has 2 saturated heterocycles. The number of nitrogens with zero attached hydrogens (tertiary/aromatic N) is 5. The van der Waals surface area contributed by atoms with Gasteiger partial charge in [0.05, 0.1) is 58.5 Å². The number of halogens is 3. The molecule has 3 heterocycles. The van der Waals surface area contributed by atoms with Crippen molar-refractivity contribution in [2.75, 3.05) is 60.5 Å². The third-order valence-corrected chi connectivity index (χ3v) is 9.83. The van der Waals surface area contributed by atoms with E-state index in [0.29, 0.717) is 67.0 Å². The summed E-state index contributed by atoms with van der Waals surface area (Å²) in [5, 5.41) is 13.1. The normalized spacial score (nSPS) is 18.4. The van der Waals surface area contributed by atoms with Gasteiger partial charge in [-0.05, 0) is 62.3 Å². The number of cyclic esters (lactones) is 1. The second-order valence-electron chi connectivity index (χ2n) is 11.2. The number of aromatic nitrogens is 1. The third-order valence-electron chi connectivity index (χ3n) is 8.26. The number of pyridine rings is 1. The van der Waals surface area contributed by atoms with Gasteiger partial charge in [0.2, 0.25) is 5.43 Å². The zero-order valence-corrected chi connectivity index (χ0v) is 27.3. The smallest absolute Gasteiger partial charge is 0.414 e. The van der Waals surface area contributed by atoms with E-state index in [9.17, 15) is 19.5 Å². The zero-order valence-electron chi connectivity index (χ0n) is 24.3. The molecule has 0 radical (unpaired) electrons. The van der Waals surface area contributed by atoms with Gasteiger partial charge < -0.3 is 29.5 Å². The molecule has 0 spiro atoms. The summed E-state index contributed by atoms with van der Waals surface area (Å²) in [5.41, 5.74) is 0.501. The van der Waals surface area contributed by atoms with E-state index in [-0.39, 0.29) is 23.5 Å². The first-order chi connectivity index (χ1) is 21.5. The molecular formula is C30H31F2IN6O5S. The topological polar surface area (TPSA) is 111 Å². The molecule has 2 aliphatic heterocycles. The van der Waals surface area contributed by atoms with Gasteiger partial charge in [-0.3, -0.25) is 12.8 Å². The summed E-state index contributed by atoms with van der Waals surface area (Å²) in [5.74, 6) is -2.44. The summed E-state index contributed by atoms with van der Waals surface area (Å²) in [6, 6.07) is 7.46. The minimum atomic E-state index is -1.34. The van der Waals surface area contributed by atoms with E-state index in [0.717, 1.165) is 18.9 Å². The lowest BCUT2D eigenvalue weighted by Gasteiger charge is -2.37. The van der Waals surface area contributed by atoms with Crippen LogP contribution in [0.2, 0.25) is 0 Å². The number of rotatable bonds is 8. The van der Waals surface area contributed by atoms with Gasteiger partial charge in [0.25, 0.3) is 0 Å². The first kappa shape index (κ1) is 31.3. The van der Waals surface area contributed by atoms with Crippen LogP contribution in [0.4, 0.5) is 30.6 Å². The van der Waals surface area contributed by atoms with E-state index in [1.807, 2.05) is 16.7 Å². The highest BCUT2D eigenvalue weighted by Crippen LogP contribution is 2.38. The molecule has 3 aliphatic rings. The fraction of sp³-hybridized carbons (Fsp3) is 0.400. The number of hydrogen-bond acceptors (Lipinski definition) is 7. The molecule has 0 bridgehead atoms. The fourth-order valence-corrected chi connectivity index (χ4v) is 6.67. The second-order valence-corrected chi connectivity index (χ2v) is 12.8. The van der Waals surface area contributed by atoms with Crippen LogP contribution < -0.4 is 25.4 Å². The van der Waals surface area contributed by atoms with Gasteiger partial charge in [-0.2, -0.15) is 0 Å². The van der Waals surface area contributed by atoms with Gasteiger partial charge in [0, 0.05) is 50.3 Å². The van der Waals surface area contributed by atoms with Crippen molar-refractivity contribution in [2.24, 2.45) is 0 Å². The average molecular weight is 753 g/mol. The second kappa shape index (κ2) is 12.6. The van der Waals surface area contributed by atoms with Crippen LogP contribution in [-0.4, -0.2) is 81.9 Å². The summed E-state index contributed by atoms with van der Waals surface area (Å²) in [4.78, 5) is 42.2. The Morgan fingerprint density at radius 3 is 2.38 bits per heavy atom. The lowest BCUT2D eigenvalue weighted by molar-refractivity contribution is 0.0694. The summed E-state index contributed by atoms with van der Waals surface area (Å²) < 4.78 is 39.8. The van der Waals surface area contributed by atoms with Crippen LogP contribution >= 0.6 is 35.1 Å². The number of nitrogens with one attached hydrogen (secondary N) is 1. The van der Waals surface area contributed by atoms with Crippen molar-refractivity contribution in [1.29, 1.82) is 0 Å². The highest BCUT2D eigenvalue weighted by atomic mass is 127. The van der Waals surface area contributed by atoms with Crippen molar-refractivity contribution in [1.82, 2.24) is 13.0 Å². The van der Waals surface area contributed by atoms with Crippen molar-refractivity contribution >= 4 is 80.2 Å². The maximum Gasteiger partial charge on any atom is 0.414 e. The molecule has 11 nitrogen and oxygen atoms in total. The number of fused-ring (bicyclic) bond motifs is 1. The molecule has 1 amide bonds. The summed E-state index contributed by atoms with van der Waals surface area (Å²) in [6.45, 7) is 4.87. The van der Waals surface area contributed by atoms with Crippen LogP contribution in [0.5, 0.6) is 0 Å². The van der Waals surface area contributed by atoms with Crippen molar-refractivity contribution < 1.29 is 28.2 Å². The quantitative estimate of drug-likeness (QED) is 0.194. The number of carboxylic acids is 1. The van der Waals surface area contributed by atoms with E-state index in [4.69, 9.17) is 17.0 Å². The predicted molar refractivity (Wildman–Crippen MR) is 179 cm³/mol. The number of amides is 1. The molecule has 238 valence electrons. The van der Waals surface area contributed by atoms with E-state index in [1.54, 1.807) is 25.9 Å². The Kier molecular flexibility index (Phi) is 8.74. The van der Waals surface area contributed by atoms with Crippen molar-refractivity contribution in [3.63, 3.8) is 0 Å². The largest absolute Gasteiger partial charge is 0.477 e. The molecule has 45 heavy (non-hydrogen) atoms. The fourth-order valence-electron chi connectivity index (χ4n) is 5.84. The molecule has 3 fully saturated rings. The minimum Gasteiger partial charge on any atom is -0.477 e. The van der Waals surface area contributed by atoms with E-state index < -0.39 is 35.2 Å². The van der Waals surface area contributed by atoms with Gasteiger partial charge in [-0.15, -0.1) is 0 Å². The first-order valence-corrected chi connectivity index (χ1v) is 16.0. The molecular weight excluding hydrogens is 721 g/mol. The summed E-state index contributed by atoms with van der Waals surface area (Å²) in [7, 11) is 0. The number of benzene rings is 2. The van der Waals surface area contributed by atoms with Crippen LogP contribution in [-0.2, 0) is 4.74 Å². The Hall–Kier alpha value is -3.73. The number of piperazine rings is 1. The molecule has 0 unspecified atom stereocenters. The third kappa shape index (κ3) is 6.23. The zero-order chi connectivity index (χ0) is 32.0. The highest BCUT2D eigenvalue weighted by molar-refractivity contribution is 14.1. The Morgan fingerprint density at radius 2 is 1.76 bits per heavy atom. The number of hydrogen-bond donors (Lipinski definition) is 2. The van der Waals surface area contributed by atoms with Crippen LogP contribution in [0.15, 0.2) is 41.3 Å². The molecule has 15 heteroatoms. The Morgan fingerprint density at radius 1 is 1.09 bits per heavy atom. The number of thiocarbonyl (C=S) groups is 1. The van der Waals surface area contributed by atoms with E-state index >= 15 is 8.78 Å². The number of ether oxygens (including phenoxy) is 1.